The van der Waals surface area contributed by atoms with Gasteiger partial charge in [-0.1, -0.05) is 41.6 Å². The van der Waals surface area contributed by atoms with Gasteiger partial charge < -0.3 is 14.7 Å². The Morgan fingerprint density at radius 2 is 1.83 bits per heavy atom. The molecule has 0 bridgehead atoms. The van der Waals surface area contributed by atoms with Gasteiger partial charge >= 0.3 is 6.18 Å². The minimum absolute atomic E-state index is 0.0760. The van der Waals surface area contributed by atoms with Gasteiger partial charge in [0.2, 0.25) is 11.7 Å². The number of aromatic nitrogens is 4. The number of carbonyl (C=O) groups excluding carboxylic acids is 2. The highest BCUT2D eigenvalue weighted by Gasteiger charge is 2.31. The van der Waals surface area contributed by atoms with Crippen LogP contribution in [0.3, 0.4) is 0 Å². The zero-order chi connectivity index (χ0) is 25.2. The SMILES string of the molecule is Cc1cc(NC(=O)CN(C)C(=O)c2nc(-c3ccccc3)n(-c3cccc(C(F)(F)F)c3)n2)no1. The average Bonchev–Trinajstić information content (AvgIpc) is 3.45. The number of hydrogen-bond acceptors (Lipinski definition) is 6. The van der Waals surface area contributed by atoms with E-state index in [1.165, 1.54) is 29.9 Å². The minimum Gasteiger partial charge on any atom is -0.360 e. The summed E-state index contributed by atoms with van der Waals surface area (Å²) in [5.41, 5.74) is -0.250. The smallest absolute Gasteiger partial charge is 0.360 e. The number of hydrogen-bond donors (Lipinski definition) is 1. The van der Waals surface area contributed by atoms with Gasteiger partial charge in [0.15, 0.2) is 11.6 Å². The molecule has 12 heteroatoms. The standard InChI is InChI=1S/C23H19F3N6O3/c1-14-11-18(30-35-14)27-19(33)13-31(2)22(34)20-28-21(15-7-4-3-5-8-15)32(29-20)17-10-6-9-16(12-17)23(24,25)26/h3-12H,13H2,1-2H3,(H,27,30,33). The van der Waals surface area contributed by atoms with E-state index in [0.717, 1.165) is 17.0 Å². The van der Waals surface area contributed by atoms with Crippen LogP contribution in [0.15, 0.2) is 65.2 Å². The molecule has 180 valence electrons. The molecule has 0 spiro atoms. The molecule has 0 aliphatic heterocycles. The van der Waals surface area contributed by atoms with Crippen LogP contribution in [0.5, 0.6) is 0 Å². The van der Waals surface area contributed by atoms with Crippen molar-refractivity contribution in [3.63, 3.8) is 0 Å². The highest BCUT2D eigenvalue weighted by Crippen LogP contribution is 2.31. The summed E-state index contributed by atoms with van der Waals surface area (Å²) in [7, 11) is 1.38. The molecule has 0 unspecified atom stereocenters. The lowest BCUT2D eigenvalue weighted by Gasteiger charge is -2.14. The Balaban J connectivity index is 1.64. The third-order valence-electron chi connectivity index (χ3n) is 4.87. The number of anilines is 1. The van der Waals surface area contributed by atoms with Crippen LogP contribution in [-0.2, 0) is 11.0 Å². The van der Waals surface area contributed by atoms with Crippen molar-refractivity contribution in [3.8, 4) is 17.1 Å². The maximum atomic E-state index is 13.3. The van der Waals surface area contributed by atoms with Crippen molar-refractivity contribution in [2.75, 3.05) is 18.9 Å². The third-order valence-corrected chi connectivity index (χ3v) is 4.87. The highest BCUT2D eigenvalue weighted by atomic mass is 19.4. The van der Waals surface area contributed by atoms with Crippen molar-refractivity contribution in [1.82, 2.24) is 24.8 Å². The second-order valence-corrected chi connectivity index (χ2v) is 7.62. The number of halogens is 3. The van der Waals surface area contributed by atoms with Crippen molar-refractivity contribution < 1.29 is 27.3 Å². The van der Waals surface area contributed by atoms with E-state index in [4.69, 9.17) is 4.52 Å². The Morgan fingerprint density at radius 3 is 2.49 bits per heavy atom. The van der Waals surface area contributed by atoms with Gasteiger partial charge in [-0.25, -0.2) is 9.67 Å². The fourth-order valence-electron chi connectivity index (χ4n) is 3.24. The molecule has 0 aliphatic rings. The molecule has 0 saturated carbocycles. The van der Waals surface area contributed by atoms with Crippen molar-refractivity contribution in [3.05, 3.63) is 77.8 Å². The number of likely N-dealkylation sites (N-methyl/N-ethyl adjacent to an activating group) is 1. The van der Waals surface area contributed by atoms with Crippen molar-refractivity contribution >= 4 is 17.6 Å². The van der Waals surface area contributed by atoms with Crippen molar-refractivity contribution in [2.24, 2.45) is 0 Å². The van der Waals surface area contributed by atoms with Crippen molar-refractivity contribution in [1.29, 1.82) is 0 Å². The fraction of sp³-hybridized carbons (Fsp3) is 0.174. The molecular formula is C23H19F3N6O3. The first-order chi connectivity index (χ1) is 16.6. The lowest BCUT2D eigenvalue weighted by Crippen LogP contribution is -2.35. The van der Waals surface area contributed by atoms with Gasteiger partial charge in [0.05, 0.1) is 11.3 Å². The molecule has 2 heterocycles. The van der Waals surface area contributed by atoms with Gasteiger partial charge in [0, 0.05) is 18.7 Å². The largest absolute Gasteiger partial charge is 0.416 e. The number of rotatable bonds is 6. The van der Waals surface area contributed by atoms with E-state index in [1.807, 2.05) is 0 Å². The Morgan fingerprint density at radius 1 is 1.09 bits per heavy atom. The first-order valence-electron chi connectivity index (χ1n) is 10.3. The number of amides is 2. The van der Waals surface area contributed by atoms with E-state index in [2.05, 4.69) is 20.6 Å². The molecule has 0 aliphatic carbocycles. The van der Waals surface area contributed by atoms with Crippen LogP contribution in [0.25, 0.3) is 17.1 Å². The first-order valence-corrected chi connectivity index (χ1v) is 10.3. The molecule has 0 radical (unpaired) electrons. The molecule has 4 rings (SSSR count). The Bertz CT molecular complexity index is 1360. The number of benzene rings is 2. The predicted molar refractivity (Wildman–Crippen MR) is 119 cm³/mol. The Hall–Kier alpha value is -4.48. The van der Waals surface area contributed by atoms with Gasteiger partial charge in [-0.05, 0) is 25.1 Å². The number of carbonyl (C=O) groups is 2. The zero-order valence-corrected chi connectivity index (χ0v) is 18.6. The monoisotopic (exact) mass is 484 g/mol. The maximum Gasteiger partial charge on any atom is 0.416 e. The summed E-state index contributed by atoms with van der Waals surface area (Å²) < 4.78 is 45.9. The van der Waals surface area contributed by atoms with Crippen molar-refractivity contribution in [2.45, 2.75) is 13.1 Å². The Kier molecular flexibility index (Phi) is 6.36. The summed E-state index contributed by atoms with van der Waals surface area (Å²) in [6, 6.07) is 14.7. The number of nitrogens with zero attached hydrogens (tertiary/aromatic N) is 5. The molecule has 2 aromatic carbocycles. The summed E-state index contributed by atoms with van der Waals surface area (Å²) in [5.74, 6) is -0.638. The molecule has 35 heavy (non-hydrogen) atoms. The van der Waals surface area contributed by atoms with Crippen LogP contribution < -0.4 is 5.32 Å². The van der Waals surface area contributed by atoms with Crippen LogP contribution in [0.4, 0.5) is 19.0 Å². The summed E-state index contributed by atoms with van der Waals surface area (Å²) in [6.45, 7) is 1.32. The molecule has 1 N–H and O–H groups in total. The van der Waals surface area contributed by atoms with Crippen LogP contribution >= 0.6 is 0 Å². The van der Waals surface area contributed by atoms with Crippen LogP contribution in [-0.4, -0.2) is 50.2 Å². The molecular weight excluding hydrogens is 465 g/mol. The molecule has 0 saturated heterocycles. The average molecular weight is 484 g/mol. The van der Waals surface area contributed by atoms with Gasteiger partial charge in [0.25, 0.3) is 5.91 Å². The lowest BCUT2D eigenvalue weighted by molar-refractivity contribution is -0.137. The fourth-order valence-corrected chi connectivity index (χ4v) is 3.24. The minimum atomic E-state index is -4.56. The molecule has 0 atom stereocenters. The highest BCUT2D eigenvalue weighted by molar-refractivity contribution is 5.97. The molecule has 4 aromatic rings. The second-order valence-electron chi connectivity index (χ2n) is 7.62. The van der Waals surface area contributed by atoms with Crippen LogP contribution in [0.2, 0.25) is 0 Å². The normalized spacial score (nSPS) is 11.3. The molecule has 9 nitrogen and oxygen atoms in total. The van der Waals surface area contributed by atoms with E-state index >= 15 is 0 Å². The topological polar surface area (TPSA) is 106 Å². The van der Waals surface area contributed by atoms with E-state index < -0.39 is 23.6 Å². The number of aryl methyl sites for hydroxylation is 1. The number of nitrogens with one attached hydrogen (secondary N) is 1. The zero-order valence-electron chi connectivity index (χ0n) is 18.6. The van der Waals surface area contributed by atoms with E-state index in [0.29, 0.717) is 11.3 Å². The predicted octanol–water partition coefficient (Wildman–Crippen LogP) is 3.96. The summed E-state index contributed by atoms with van der Waals surface area (Å²) in [5, 5.41) is 10.3. The molecule has 0 fully saturated rings. The summed E-state index contributed by atoms with van der Waals surface area (Å²) in [4.78, 5) is 30.6. The van der Waals surface area contributed by atoms with E-state index in [1.54, 1.807) is 37.3 Å². The van der Waals surface area contributed by atoms with Crippen LogP contribution in [0, 0.1) is 6.92 Å². The van der Waals surface area contributed by atoms with Gasteiger partial charge in [-0.3, -0.25) is 9.59 Å². The van der Waals surface area contributed by atoms with Gasteiger partial charge in [-0.2, -0.15) is 13.2 Å². The first kappa shape index (κ1) is 23.7. The summed E-state index contributed by atoms with van der Waals surface area (Å²) in [6.07, 6.45) is -4.56. The van der Waals surface area contributed by atoms with E-state index in [9.17, 15) is 22.8 Å². The van der Waals surface area contributed by atoms with Crippen LogP contribution in [0.1, 0.15) is 21.9 Å². The summed E-state index contributed by atoms with van der Waals surface area (Å²) >= 11 is 0. The molecule has 2 aromatic heterocycles. The Labute approximate surface area is 197 Å². The number of alkyl halides is 3. The van der Waals surface area contributed by atoms with E-state index in [-0.39, 0.29) is 29.7 Å². The maximum absolute atomic E-state index is 13.3. The molecule has 2 amide bonds. The van der Waals surface area contributed by atoms with Gasteiger partial charge in [0.1, 0.15) is 12.3 Å². The lowest BCUT2D eigenvalue weighted by atomic mass is 10.2. The third kappa shape index (κ3) is 5.37. The van der Waals surface area contributed by atoms with Gasteiger partial charge in [-0.15, -0.1) is 5.10 Å². The quantitative estimate of drug-likeness (QED) is 0.444. The second kappa shape index (κ2) is 9.41.